The maximum Gasteiger partial charge on any atom is 0.0252 e. The molecule has 1 unspecified atom stereocenters. The first-order valence-electron chi connectivity index (χ1n) is 5.18. The van der Waals surface area contributed by atoms with Crippen LogP contribution in [-0.4, -0.2) is 24.2 Å². The highest BCUT2D eigenvalue weighted by atomic mass is 15.1. The maximum atomic E-state index is 3.73. The van der Waals surface area contributed by atoms with Crippen molar-refractivity contribution in [2.75, 3.05) is 6.54 Å². The molecule has 0 aromatic rings. The van der Waals surface area contributed by atoms with Crippen molar-refractivity contribution in [3.05, 3.63) is 0 Å². The number of piperazine rings is 1. The van der Waals surface area contributed by atoms with Gasteiger partial charge < -0.3 is 10.6 Å². The molecule has 2 fully saturated rings. The van der Waals surface area contributed by atoms with Gasteiger partial charge in [0.05, 0.1) is 0 Å². The highest BCUT2D eigenvalue weighted by molar-refractivity contribution is 4.98. The summed E-state index contributed by atoms with van der Waals surface area (Å²) >= 11 is 0. The van der Waals surface area contributed by atoms with E-state index < -0.39 is 0 Å². The van der Waals surface area contributed by atoms with Crippen molar-refractivity contribution < 1.29 is 0 Å². The van der Waals surface area contributed by atoms with E-state index in [4.69, 9.17) is 0 Å². The Morgan fingerprint density at radius 1 is 1.08 bits per heavy atom. The molecule has 70 valence electrons. The van der Waals surface area contributed by atoms with Gasteiger partial charge >= 0.3 is 0 Å². The number of fused-ring (bicyclic) bond motifs is 1. The minimum absolute atomic E-state index is 0.304. The summed E-state index contributed by atoms with van der Waals surface area (Å²) in [5, 5.41) is 7.38. The lowest BCUT2D eigenvalue weighted by molar-refractivity contribution is 0.169. The predicted octanol–water partition coefficient (Wildman–Crippen LogP) is 1.27. The van der Waals surface area contributed by atoms with Crippen molar-refractivity contribution in [2.45, 2.75) is 57.2 Å². The summed E-state index contributed by atoms with van der Waals surface area (Å²) in [7, 11) is 0. The quantitative estimate of drug-likeness (QED) is 0.569. The average molecular weight is 168 g/mol. The predicted molar refractivity (Wildman–Crippen MR) is 51.3 cm³/mol. The average Bonchev–Trinajstić information content (AvgIpc) is 2.02. The van der Waals surface area contributed by atoms with Gasteiger partial charge in [-0.2, -0.15) is 0 Å². The minimum Gasteiger partial charge on any atom is -0.311 e. The van der Waals surface area contributed by atoms with Crippen LogP contribution in [0.1, 0.15) is 39.5 Å². The van der Waals surface area contributed by atoms with Gasteiger partial charge in [0.15, 0.2) is 0 Å². The van der Waals surface area contributed by atoms with Crippen molar-refractivity contribution >= 4 is 0 Å². The van der Waals surface area contributed by atoms with E-state index >= 15 is 0 Å². The summed E-state index contributed by atoms with van der Waals surface area (Å²) in [5.41, 5.74) is 0.304. The third kappa shape index (κ3) is 1.64. The summed E-state index contributed by atoms with van der Waals surface area (Å²) in [6.07, 6.45) is 5.55. The molecule has 2 atom stereocenters. The summed E-state index contributed by atoms with van der Waals surface area (Å²) < 4.78 is 0. The first kappa shape index (κ1) is 8.52. The molecule has 1 aliphatic heterocycles. The zero-order chi connectivity index (χ0) is 8.60. The van der Waals surface area contributed by atoms with E-state index in [0.717, 1.165) is 18.6 Å². The van der Waals surface area contributed by atoms with E-state index in [9.17, 15) is 0 Å². The van der Waals surface area contributed by atoms with Crippen LogP contribution in [0.3, 0.4) is 0 Å². The summed E-state index contributed by atoms with van der Waals surface area (Å²) in [4.78, 5) is 0. The van der Waals surface area contributed by atoms with Gasteiger partial charge in [-0.15, -0.1) is 0 Å². The Morgan fingerprint density at radius 3 is 2.50 bits per heavy atom. The zero-order valence-electron chi connectivity index (χ0n) is 8.19. The fourth-order valence-electron chi connectivity index (χ4n) is 2.49. The van der Waals surface area contributed by atoms with E-state index in [1.165, 1.54) is 25.7 Å². The van der Waals surface area contributed by atoms with Gasteiger partial charge in [-0.05, 0) is 26.7 Å². The number of nitrogens with one attached hydrogen (secondary N) is 2. The highest BCUT2D eigenvalue weighted by Gasteiger charge is 2.34. The Hall–Kier alpha value is -0.0800. The second-order valence-electron chi connectivity index (χ2n) is 4.91. The van der Waals surface area contributed by atoms with E-state index in [-0.39, 0.29) is 0 Å². The van der Waals surface area contributed by atoms with Crippen LogP contribution in [0.15, 0.2) is 0 Å². The molecule has 0 amide bonds. The Morgan fingerprint density at radius 2 is 1.75 bits per heavy atom. The van der Waals surface area contributed by atoms with Crippen LogP contribution in [0, 0.1) is 0 Å². The lowest BCUT2D eigenvalue weighted by Gasteiger charge is -2.45. The second kappa shape index (κ2) is 3.00. The molecule has 2 nitrogen and oxygen atoms in total. The molecule has 0 aromatic heterocycles. The van der Waals surface area contributed by atoms with Crippen LogP contribution in [0.5, 0.6) is 0 Å². The van der Waals surface area contributed by atoms with E-state index in [1.807, 2.05) is 0 Å². The third-order valence-electron chi connectivity index (χ3n) is 3.15. The molecule has 1 heterocycles. The van der Waals surface area contributed by atoms with Crippen LogP contribution in [0.4, 0.5) is 0 Å². The molecule has 2 rings (SSSR count). The molecular formula is C10H20N2. The van der Waals surface area contributed by atoms with Crippen molar-refractivity contribution in [3.8, 4) is 0 Å². The fraction of sp³-hybridized carbons (Fsp3) is 1.00. The van der Waals surface area contributed by atoms with Crippen LogP contribution >= 0.6 is 0 Å². The van der Waals surface area contributed by atoms with Crippen LogP contribution < -0.4 is 10.6 Å². The standard InChI is InChI=1S/C10H20N2/c1-10(2)7-11-8-5-3-4-6-9(8)12-10/h8-9,11-12H,3-7H2,1-2H3/t8?,9-/m1/s1. The van der Waals surface area contributed by atoms with Gasteiger partial charge in [0.1, 0.15) is 0 Å². The normalized spacial score (nSPS) is 40.5. The lowest BCUT2D eigenvalue weighted by atomic mass is 9.85. The molecular weight excluding hydrogens is 148 g/mol. The first-order valence-corrected chi connectivity index (χ1v) is 5.18. The van der Waals surface area contributed by atoms with Gasteiger partial charge in [0.25, 0.3) is 0 Å². The highest BCUT2D eigenvalue weighted by Crippen LogP contribution is 2.23. The molecule has 12 heavy (non-hydrogen) atoms. The molecule has 0 bridgehead atoms. The SMILES string of the molecule is CC1(C)CNC2CCCC[C@H]2N1. The van der Waals surface area contributed by atoms with Gasteiger partial charge in [0.2, 0.25) is 0 Å². The molecule has 1 saturated carbocycles. The van der Waals surface area contributed by atoms with Crippen molar-refractivity contribution in [2.24, 2.45) is 0 Å². The molecule has 1 saturated heterocycles. The van der Waals surface area contributed by atoms with Gasteiger partial charge in [0, 0.05) is 24.2 Å². The largest absolute Gasteiger partial charge is 0.311 e. The summed E-state index contributed by atoms with van der Waals surface area (Å²) in [6.45, 7) is 5.68. The monoisotopic (exact) mass is 168 g/mol. The molecule has 0 radical (unpaired) electrons. The topological polar surface area (TPSA) is 24.1 Å². The Labute approximate surface area is 75.1 Å². The Bertz CT molecular complexity index is 165. The number of rotatable bonds is 0. The van der Waals surface area contributed by atoms with Gasteiger partial charge in [-0.1, -0.05) is 12.8 Å². The van der Waals surface area contributed by atoms with E-state index in [1.54, 1.807) is 0 Å². The number of hydrogen-bond donors (Lipinski definition) is 2. The smallest absolute Gasteiger partial charge is 0.0252 e. The molecule has 2 N–H and O–H groups in total. The number of hydrogen-bond acceptors (Lipinski definition) is 2. The lowest BCUT2D eigenvalue weighted by Crippen LogP contribution is -2.66. The zero-order valence-corrected chi connectivity index (χ0v) is 8.19. The van der Waals surface area contributed by atoms with Crippen molar-refractivity contribution in [1.82, 2.24) is 10.6 Å². The van der Waals surface area contributed by atoms with Crippen LogP contribution in [0.25, 0.3) is 0 Å². The molecule has 1 aliphatic carbocycles. The molecule has 2 aliphatic rings. The second-order valence-corrected chi connectivity index (χ2v) is 4.91. The maximum absolute atomic E-state index is 3.73. The first-order chi connectivity index (χ1) is 5.67. The molecule has 2 heteroatoms. The summed E-state index contributed by atoms with van der Waals surface area (Å²) in [5.74, 6) is 0. The van der Waals surface area contributed by atoms with Gasteiger partial charge in [-0.25, -0.2) is 0 Å². The van der Waals surface area contributed by atoms with Crippen molar-refractivity contribution in [1.29, 1.82) is 0 Å². The Balaban J connectivity index is 1.99. The Kier molecular flexibility index (Phi) is 2.13. The van der Waals surface area contributed by atoms with Crippen LogP contribution in [-0.2, 0) is 0 Å². The van der Waals surface area contributed by atoms with E-state index in [2.05, 4.69) is 24.5 Å². The molecule has 0 spiro atoms. The summed E-state index contributed by atoms with van der Waals surface area (Å²) in [6, 6.07) is 1.49. The van der Waals surface area contributed by atoms with E-state index in [0.29, 0.717) is 5.54 Å². The van der Waals surface area contributed by atoms with Gasteiger partial charge in [-0.3, -0.25) is 0 Å². The molecule has 0 aromatic carbocycles. The van der Waals surface area contributed by atoms with Crippen LogP contribution in [0.2, 0.25) is 0 Å². The minimum atomic E-state index is 0.304. The fourth-order valence-corrected chi connectivity index (χ4v) is 2.49. The third-order valence-corrected chi connectivity index (χ3v) is 3.15. The van der Waals surface area contributed by atoms with Crippen molar-refractivity contribution in [3.63, 3.8) is 0 Å².